The molecule has 0 unspecified atom stereocenters. The van der Waals surface area contributed by atoms with Gasteiger partial charge >= 0.3 is 42.8 Å². The monoisotopic (exact) mass is 406 g/mol. The lowest BCUT2D eigenvalue weighted by Crippen LogP contribution is -2.73. The summed E-state index contributed by atoms with van der Waals surface area (Å²) in [7, 11) is -15.0. The molecular weight excluding hydrogens is 403 g/mol. The topological polar surface area (TPSA) is 86.7 Å². The first-order chi connectivity index (χ1) is 9.66. The quantitative estimate of drug-likeness (QED) is 0.451. The van der Waals surface area contributed by atoms with Gasteiger partial charge in [-0.3, -0.25) is 0 Å². The number of alkyl halides is 9. The van der Waals surface area contributed by atoms with Crippen LogP contribution < -0.4 is 0 Å². The highest BCUT2D eigenvalue weighted by Gasteiger charge is 2.91. The summed E-state index contributed by atoms with van der Waals surface area (Å²) in [5.41, 5.74) is 0. The zero-order chi connectivity index (χ0) is 18.9. The fourth-order valence-electron chi connectivity index (χ4n) is 1.50. The highest BCUT2D eigenvalue weighted by atomic mass is 32.3. The van der Waals surface area contributed by atoms with Gasteiger partial charge in [0, 0.05) is 6.92 Å². The average molecular weight is 406 g/mol. The molecule has 23 heavy (non-hydrogen) atoms. The molecular formula is C6H3F9O6S2. The van der Waals surface area contributed by atoms with Crippen LogP contribution in [0.2, 0.25) is 0 Å². The first-order valence-corrected chi connectivity index (χ1v) is 7.58. The molecule has 0 atom stereocenters. The zero-order valence-electron chi connectivity index (χ0n) is 10.2. The van der Waals surface area contributed by atoms with E-state index in [1.165, 1.54) is 0 Å². The van der Waals surface area contributed by atoms with Crippen molar-refractivity contribution in [2.75, 3.05) is 0 Å². The second kappa shape index (κ2) is 4.63. The van der Waals surface area contributed by atoms with Gasteiger partial charge in [0.15, 0.2) is 0 Å². The second-order valence-corrected chi connectivity index (χ2v) is 7.76. The van der Waals surface area contributed by atoms with Crippen LogP contribution in [0.3, 0.4) is 0 Å². The summed E-state index contributed by atoms with van der Waals surface area (Å²) < 4.78 is 158. The Morgan fingerprint density at radius 1 is 0.652 bits per heavy atom. The summed E-state index contributed by atoms with van der Waals surface area (Å²) in [6.07, 6.45) is -20.4. The van der Waals surface area contributed by atoms with Gasteiger partial charge in [-0.25, -0.2) is 8.37 Å². The van der Waals surface area contributed by atoms with E-state index in [0.717, 1.165) is 0 Å². The van der Waals surface area contributed by atoms with Crippen molar-refractivity contribution < 1.29 is 64.7 Å². The fourth-order valence-corrected chi connectivity index (χ4v) is 5.21. The first-order valence-electron chi connectivity index (χ1n) is 4.77. The van der Waals surface area contributed by atoms with Gasteiger partial charge in [0.2, 0.25) is 0 Å². The van der Waals surface area contributed by atoms with Crippen LogP contribution in [0.4, 0.5) is 39.5 Å². The van der Waals surface area contributed by atoms with E-state index < -0.39 is 55.6 Å². The van der Waals surface area contributed by atoms with Gasteiger partial charge in [-0.05, 0) is 0 Å². The summed E-state index contributed by atoms with van der Waals surface area (Å²) in [4.78, 5) is 0. The third-order valence-corrected chi connectivity index (χ3v) is 7.14. The zero-order valence-corrected chi connectivity index (χ0v) is 11.8. The van der Waals surface area contributed by atoms with Gasteiger partial charge in [0.1, 0.15) is 0 Å². The van der Waals surface area contributed by atoms with E-state index in [1.807, 2.05) is 0 Å². The summed E-state index contributed by atoms with van der Waals surface area (Å²) in [5, 5.41) is 0. The van der Waals surface area contributed by atoms with Crippen molar-refractivity contribution in [3.05, 3.63) is 0 Å². The summed E-state index contributed by atoms with van der Waals surface area (Å²) in [6, 6.07) is 0. The number of hydrogen-bond acceptors (Lipinski definition) is 6. The van der Waals surface area contributed by atoms with Crippen molar-refractivity contribution in [1.82, 2.24) is 0 Å². The number of rotatable bonds is 0. The standard InChI is InChI=1S/C6H3F9O6S2/c1-2(4(7,8)9)20-22(16,17)3(5(10,11)12,6(13,14)15)23(18,19)21-2/h1H3. The van der Waals surface area contributed by atoms with Crippen LogP contribution in [0.1, 0.15) is 6.92 Å². The molecule has 1 rings (SSSR count). The lowest BCUT2D eigenvalue weighted by molar-refractivity contribution is -0.324. The third kappa shape index (κ3) is 2.47. The molecule has 1 aliphatic rings. The Hall–Kier alpha value is -0.810. The number of halogens is 9. The van der Waals surface area contributed by atoms with Crippen LogP contribution in [0.25, 0.3) is 0 Å². The first kappa shape index (κ1) is 20.2. The summed E-state index contributed by atoms with van der Waals surface area (Å²) >= 11 is 0. The Labute approximate surface area is 121 Å². The molecule has 0 saturated carbocycles. The Morgan fingerprint density at radius 3 is 1.09 bits per heavy atom. The van der Waals surface area contributed by atoms with E-state index in [9.17, 15) is 56.3 Å². The molecule has 0 aromatic carbocycles. The number of hydrogen-bond donors (Lipinski definition) is 0. The van der Waals surface area contributed by atoms with Gasteiger partial charge in [-0.15, -0.1) is 0 Å². The molecule has 1 aliphatic heterocycles. The molecule has 138 valence electrons. The Kier molecular flexibility index (Phi) is 4.07. The SMILES string of the molecule is CC1(C(F)(F)F)OS(=O)(=O)C(C(F)(F)F)(C(F)(F)F)S(=O)(=O)O1. The average Bonchev–Trinajstić information content (AvgIpc) is 2.03. The Morgan fingerprint density at radius 2 is 0.913 bits per heavy atom. The molecule has 0 aliphatic carbocycles. The third-order valence-electron chi connectivity index (χ3n) is 2.50. The van der Waals surface area contributed by atoms with Crippen molar-refractivity contribution >= 4 is 20.2 Å². The van der Waals surface area contributed by atoms with E-state index in [2.05, 4.69) is 8.37 Å². The molecule has 0 amide bonds. The molecule has 0 spiro atoms. The predicted molar refractivity (Wildman–Crippen MR) is 49.3 cm³/mol. The van der Waals surface area contributed by atoms with Crippen LogP contribution in [-0.2, 0) is 28.6 Å². The van der Waals surface area contributed by atoms with Gasteiger partial charge < -0.3 is 0 Å². The van der Waals surface area contributed by atoms with Crippen molar-refractivity contribution in [1.29, 1.82) is 0 Å². The van der Waals surface area contributed by atoms with Crippen LogP contribution in [0.5, 0.6) is 0 Å². The molecule has 6 nitrogen and oxygen atoms in total. The molecule has 17 heteroatoms. The maximum Gasteiger partial charge on any atom is 0.445 e. The van der Waals surface area contributed by atoms with Gasteiger partial charge in [-0.1, -0.05) is 0 Å². The normalized spacial score (nSPS) is 26.7. The van der Waals surface area contributed by atoms with E-state index in [4.69, 9.17) is 0 Å². The predicted octanol–water partition coefficient (Wildman–Crippen LogP) is 1.79. The maximum atomic E-state index is 12.7. The summed E-state index contributed by atoms with van der Waals surface area (Å²) in [5.74, 6) is -4.80. The maximum absolute atomic E-state index is 12.7. The van der Waals surface area contributed by atoms with Crippen molar-refractivity contribution in [3.63, 3.8) is 0 Å². The van der Waals surface area contributed by atoms with Gasteiger partial charge in [0.05, 0.1) is 0 Å². The Bertz CT molecular complexity index is 644. The molecule has 1 fully saturated rings. The van der Waals surface area contributed by atoms with Gasteiger partial charge in [-0.2, -0.15) is 56.3 Å². The van der Waals surface area contributed by atoms with Crippen molar-refractivity contribution in [2.45, 2.75) is 35.3 Å². The minimum Gasteiger partial charge on any atom is -0.222 e. The van der Waals surface area contributed by atoms with Crippen molar-refractivity contribution in [3.8, 4) is 0 Å². The minimum absolute atomic E-state index is 0.515. The minimum atomic E-state index is -7.48. The molecule has 0 aromatic rings. The molecule has 0 radical (unpaired) electrons. The van der Waals surface area contributed by atoms with Crippen molar-refractivity contribution in [2.24, 2.45) is 0 Å². The highest BCUT2D eigenvalue weighted by molar-refractivity contribution is 8.06. The van der Waals surface area contributed by atoms with Crippen LogP contribution >= 0.6 is 0 Å². The molecule has 1 saturated heterocycles. The smallest absolute Gasteiger partial charge is 0.222 e. The summed E-state index contributed by atoms with van der Waals surface area (Å²) in [6.45, 7) is -0.515. The van der Waals surface area contributed by atoms with Crippen LogP contribution in [-0.4, -0.2) is 45.2 Å². The highest BCUT2D eigenvalue weighted by Crippen LogP contribution is 2.58. The molecule has 1 heterocycles. The van der Waals surface area contributed by atoms with E-state index in [0.29, 0.717) is 0 Å². The lowest BCUT2D eigenvalue weighted by Gasteiger charge is -2.43. The van der Waals surface area contributed by atoms with Crippen LogP contribution in [0.15, 0.2) is 0 Å². The van der Waals surface area contributed by atoms with E-state index in [-0.39, 0.29) is 0 Å². The lowest BCUT2D eigenvalue weighted by atomic mass is 10.3. The molecule has 0 bridgehead atoms. The fraction of sp³-hybridized carbons (Fsp3) is 1.00. The van der Waals surface area contributed by atoms with Gasteiger partial charge in [0.25, 0.3) is 5.79 Å². The second-order valence-electron chi connectivity index (χ2n) is 4.13. The Balaban J connectivity index is 3.94. The molecule has 0 aromatic heterocycles. The van der Waals surface area contributed by atoms with Crippen LogP contribution in [0, 0.1) is 0 Å². The van der Waals surface area contributed by atoms with E-state index >= 15 is 0 Å². The largest absolute Gasteiger partial charge is 0.445 e. The molecule has 0 N–H and O–H groups in total. The van der Waals surface area contributed by atoms with E-state index in [1.54, 1.807) is 0 Å².